The Bertz CT molecular complexity index is 1500. The maximum atomic E-state index is 13.8. The van der Waals surface area contributed by atoms with E-state index in [4.69, 9.17) is 32.9 Å². The van der Waals surface area contributed by atoms with Crippen molar-refractivity contribution in [2.45, 2.75) is 45.4 Å². The highest BCUT2D eigenvalue weighted by molar-refractivity contribution is 7.17. The molecule has 5 nitrogen and oxygen atoms in total. The lowest BCUT2D eigenvalue weighted by Gasteiger charge is -2.13. The van der Waals surface area contributed by atoms with E-state index in [1.807, 2.05) is 24.3 Å². The average Bonchev–Trinajstić information content (AvgIpc) is 3.19. The van der Waals surface area contributed by atoms with Crippen LogP contribution in [0.4, 0.5) is 5.00 Å². The van der Waals surface area contributed by atoms with Gasteiger partial charge in [0.25, 0.3) is 5.91 Å². The number of carbonyl (C=O) groups is 2. The van der Waals surface area contributed by atoms with Gasteiger partial charge in [-0.1, -0.05) is 54.2 Å². The summed E-state index contributed by atoms with van der Waals surface area (Å²) in [5, 5.41) is 5.28. The van der Waals surface area contributed by atoms with E-state index in [-0.39, 0.29) is 18.5 Å². The summed E-state index contributed by atoms with van der Waals surface area (Å²) in [6, 6.07) is 14.4. The van der Waals surface area contributed by atoms with Crippen molar-refractivity contribution in [2.24, 2.45) is 0 Å². The predicted octanol–water partition coefficient (Wildman–Crippen LogP) is 8.36. The number of carbonyl (C=O) groups excluding carboxylic acids is 2. The van der Waals surface area contributed by atoms with Crippen molar-refractivity contribution in [2.75, 3.05) is 11.9 Å². The highest BCUT2D eigenvalue weighted by Crippen LogP contribution is 2.38. The van der Waals surface area contributed by atoms with E-state index in [2.05, 4.69) is 5.32 Å². The SMILES string of the molecule is CCOC(=O)c1c(NC(=O)c2cc(-c3ccc(Cl)cc3Cl)nc3ccccc23)sc2c1CCCCCC2. The molecule has 5 rings (SSSR count). The molecule has 8 heteroatoms. The van der Waals surface area contributed by atoms with Crippen molar-refractivity contribution in [3.8, 4) is 11.3 Å². The highest BCUT2D eigenvalue weighted by Gasteiger charge is 2.27. The first-order chi connectivity index (χ1) is 18.0. The molecule has 0 saturated carbocycles. The second-order valence-electron chi connectivity index (χ2n) is 8.99. The van der Waals surface area contributed by atoms with Crippen LogP contribution in [-0.2, 0) is 17.6 Å². The zero-order chi connectivity index (χ0) is 25.9. The van der Waals surface area contributed by atoms with Crippen LogP contribution in [0, 0.1) is 0 Å². The summed E-state index contributed by atoms with van der Waals surface area (Å²) in [6.07, 6.45) is 6.12. The van der Waals surface area contributed by atoms with E-state index in [1.54, 1.807) is 31.2 Å². The molecule has 0 atom stereocenters. The number of aromatic nitrogens is 1. The Kier molecular flexibility index (Phi) is 7.79. The fourth-order valence-corrected chi connectivity index (χ4v) is 6.57. The minimum absolute atomic E-state index is 0.275. The topological polar surface area (TPSA) is 68.3 Å². The number of esters is 1. The van der Waals surface area contributed by atoms with E-state index >= 15 is 0 Å². The molecule has 2 heterocycles. The maximum Gasteiger partial charge on any atom is 0.341 e. The Labute approximate surface area is 229 Å². The summed E-state index contributed by atoms with van der Waals surface area (Å²) >= 11 is 14.1. The molecule has 0 spiro atoms. The Hall–Kier alpha value is -2.93. The number of nitrogens with one attached hydrogen (secondary N) is 1. The lowest BCUT2D eigenvalue weighted by atomic mass is 9.96. The number of nitrogens with zero attached hydrogens (tertiary/aromatic N) is 1. The zero-order valence-corrected chi connectivity index (χ0v) is 22.7. The molecule has 1 aliphatic rings. The number of anilines is 1. The third-order valence-corrected chi connectivity index (χ3v) is 8.30. The number of halogens is 2. The van der Waals surface area contributed by atoms with E-state index in [0.29, 0.717) is 48.3 Å². The number of rotatable bonds is 5. The van der Waals surface area contributed by atoms with E-state index in [1.165, 1.54) is 17.8 Å². The molecule has 0 radical (unpaired) electrons. The van der Waals surface area contributed by atoms with Crippen molar-refractivity contribution in [3.63, 3.8) is 0 Å². The number of amides is 1. The van der Waals surface area contributed by atoms with Crippen LogP contribution in [-0.4, -0.2) is 23.5 Å². The largest absolute Gasteiger partial charge is 0.462 e. The second kappa shape index (κ2) is 11.2. The number of fused-ring (bicyclic) bond motifs is 2. The number of ether oxygens (including phenoxy) is 1. The average molecular weight is 554 g/mol. The smallest absolute Gasteiger partial charge is 0.341 e. The lowest BCUT2D eigenvalue weighted by Crippen LogP contribution is -2.16. The van der Waals surface area contributed by atoms with Gasteiger partial charge in [0.1, 0.15) is 5.00 Å². The van der Waals surface area contributed by atoms with Crippen LogP contribution in [0.15, 0.2) is 48.5 Å². The molecule has 1 N–H and O–H groups in total. The first-order valence-corrected chi connectivity index (χ1v) is 14.0. The molecular weight excluding hydrogens is 527 g/mol. The van der Waals surface area contributed by atoms with Gasteiger partial charge < -0.3 is 10.1 Å². The Morgan fingerprint density at radius 2 is 1.81 bits per heavy atom. The van der Waals surface area contributed by atoms with Crippen molar-refractivity contribution < 1.29 is 14.3 Å². The molecule has 1 aliphatic carbocycles. The summed E-state index contributed by atoms with van der Waals surface area (Å²) in [4.78, 5) is 32.7. The maximum absolute atomic E-state index is 13.8. The Morgan fingerprint density at radius 3 is 2.59 bits per heavy atom. The first kappa shape index (κ1) is 25.7. The third kappa shape index (κ3) is 5.37. The Morgan fingerprint density at radius 1 is 1.03 bits per heavy atom. The summed E-state index contributed by atoms with van der Waals surface area (Å²) in [5.41, 5.74) is 3.87. The van der Waals surface area contributed by atoms with Crippen LogP contribution < -0.4 is 5.32 Å². The van der Waals surface area contributed by atoms with Crippen molar-refractivity contribution in [1.29, 1.82) is 0 Å². The number of para-hydroxylation sites is 1. The van der Waals surface area contributed by atoms with Crippen molar-refractivity contribution in [3.05, 3.63) is 80.1 Å². The quantitative estimate of drug-likeness (QED) is 0.252. The van der Waals surface area contributed by atoms with Gasteiger partial charge >= 0.3 is 5.97 Å². The van der Waals surface area contributed by atoms with Gasteiger partial charge in [0, 0.05) is 20.8 Å². The number of pyridine rings is 1. The van der Waals surface area contributed by atoms with Gasteiger partial charge in [-0.3, -0.25) is 4.79 Å². The molecule has 1 amide bonds. The Balaban J connectivity index is 1.59. The third-order valence-electron chi connectivity index (χ3n) is 6.55. The van der Waals surface area contributed by atoms with Crippen molar-refractivity contribution in [1.82, 2.24) is 4.98 Å². The fraction of sp³-hybridized carbons (Fsp3) is 0.276. The minimum atomic E-state index is -0.385. The van der Waals surface area contributed by atoms with Crippen LogP contribution in [0.5, 0.6) is 0 Å². The summed E-state index contributed by atoms with van der Waals surface area (Å²) < 4.78 is 5.40. The molecule has 2 aromatic heterocycles. The number of aryl methyl sites for hydroxylation is 1. The van der Waals surface area contributed by atoms with Crippen LogP contribution in [0.3, 0.4) is 0 Å². The summed E-state index contributed by atoms with van der Waals surface area (Å²) in [5.74, 6) is -0.700. The molecular formula is C29H26Cl2N2O3S. The van der Waals surface area contributed by atoms with Gasteiger partial charge in [0.05, 0.1) is 34.0 Å². The summed E-state index contributed by atoms with van der Waals surface area (Å²) in [7, 11) is 0. The van der Waals surface area contributed by atoms with Gasteiger partial charge in [0.2, 0.25) is 0 Å². The number of hydrogen-bond acceptors (Lipinski definition) is 5. The lowest BCUT2D eigenvalue weighted by molar-refractivity contribution is 0.0526. The first-order valence-electron chi connectivity index (χ1n) is 12.4. The van der Waals surface area contributed by atoms with Gasteiger partial charge in [-0.25, -0.2) is 9.78 Å². The van der Waals surface area contributed by atoms with E-state index in [9.17, 15) is 9.59 Å². The predicted molar refractivity (Wildman–Crippen MR) is 151 cm³/mol. The molecule has 0 fully saturated rings. The van der Waals surface area contributed by atoms with E-state index < -0.39 is 0 Å². The molecule has 0 saturated heterocycles. The minimum Gasteiger partial charge on any atom is -0.462 e. The zero-order valence-electron chi connectivity index (χ0n) is 20.4. The normalized spacial score (nSPS) is 13.5. The molecule has 0 unspecified atom stereocenters. The van der Waals surface area contributed by atoms with Crippen molar-refractivity contribution >= 4 is 62.3 Å². The van der Waals surface area contributed by atoms with Crippen LogP contribution >= 0.6 is 34.5 Å². The fourth-order valence-electron chi connectivity index (χ4n) is 4.80. The molecule has 2 aromatic carbocycles. The van der Waals surface area contributed by atoms with Gasteiger partial charge in [-0.2, -0.15) is 0 Å². The number of hydrogen-bond donors (Lipinski definition) is 1. The molecule has 0 bridgehead atoms. The highest BCUT2D eigenvalue weighted by atomic mass is 35.5. The number of benzene rings is 2. The van der Waals surface area contributed by atoms with Crippen LogP contribution in [0.2, 0.25) is 10.0 Å². The standard InChI is InChI=1S/C29H26Cl2N2O3S/c1-2-36-29(35)26-20-10-5-3-4-6-12-25(20)37-28(26)33-27(34)21-16-24(19-14-13-17(30)15-22(19)31)32-23-11-8-7-9-18(21)23/h7-9,11,13-16H,2-6,10,12H2,1H3,(H,33,34). The van der Waals surface area contributed by atoms with Crippen LogP contribution in [0.25, 0.3) is 22.2 Å². The summed E-state index contributed by atoms with van der Waals surface area (Å²) in [6.45, 7) is 2.07. The molecule has 37 heavy (non-hydrogen) atoms. The molecule has 0 aliphatic heterocycles. The number of thiophene rings is 1. The van der Waals surface area contributed by atoms with Gasteiger partial charge in [-0.15, -0.1) is 11.3 Å². The van der Waals surface area contributed by atoms with Crippen LogP contribution in [0.1, 0.15) is 63.8 Å². The van der Waals surface area contributed by atoms with Gasteiger partial charge in [-0.05, 0) is 68.5 Å². The molecule has 190 valence electrons. The van der Waals surface area contributed by atoms with E-state index in [0.717, 1.165) is 42.5 Å². The second-order valence-corrected chi connectivity index (χ2v) is 10.9. The molecule has 4 aromatic rings. The monoisotopic (exact) mass is 552 g/mol. The van der Waals surface area contributed by atoms with Gasteiger partial charge in [0.15, 0.2) is 0 Å².